The first-order valence-electron chi connectivity index (χ1n) is 7.09. The number of nitrogens with zero attached hydrogens (tertiary/aromatic N) is 2. The zero-order chi connectivity index (χ0) is 14.2. The molecule has 4 nitrogen and oxygen atoms in total. The van der Waals surface area contributed by atoms with Gasteiger partial charge in [0.25, 0.3) is 0 Å². The van der Waals surface area contributed by atoms with Crippen LogP contribution in [0.2, 0.25) is 0 Å². The van der Waals surface area contributed by atoms with Gasteiger partial charge in [-0.15, -0.1) is 0 Å². The molecule has 0 aliphatic heterocycles. The van der Waals surface area contributed by atoms with Crippen LogP contribution in [0.15, 0.2) is 36.7 Å². The van der Waals surface area contributed by atoms with Gasteiger partial charge in [0.15, 0.2) is 0 Å². The van der Waals surface area contributed by atoms with Crippen LogP contribution in [-0.4, -0.2) is 16.5 Å². The molecule has 0 bridgehead atoms. The van der Waals surface area contributed by atoms with Crippen molar-refractivity contribution in [3.05, 3.63) is 47.8 Å². The van der Waals surface area contributed by atoms with Gasteiger partial charge < -0.3 is 10.5 Å². The van der Waals surface area contributed by atoms with E-state index in [1.54, 1.807) is 12.4 Å². The van der Waals surface area contributed by atoms with E-state index in [9.17, 15) is 0 Å². The monoisotopic (exact) mass is 271 g/mol. The largest absolute Gasteiger partial charge is 0.424 e. The number of unbranched alkanes of at least 4 members (excludes halogenated alkanes) is 1. The Balaban J connectivity index is 1.95. The van der Waals surface area contributed by atoms with Crippen molar-refractivity contribution >= 4 is 0 Å². The zero-order valence-corrected chi connectivity index (χ0v) is 11.9. The maximum Gasteiger partial charge on any atom is 0.321 e. The Morgan fingerprint density at radius 3 is 2.30 bits per heavy atom. The normalized spacial score (nSPS) is 10.5. The highest BCUT2D eigenvalue weighted by Gasteiger charge is 2.01. The first-order chi connectivity index (χ1) is 9.81. The van der Waals surface area contributed by atoms with Gasteiger partial charge in [-0.3, -0.25) is 0 Å². The highest BCUT2D eigenvalue weighted by molar-refractivity contribution is 5.29. The highest BCUT2D eigenvalue weighted by Crippen LogP contribution is 2.18. The topological polar surface area (TPSA) is 61.0 Å². The summed E-state index contributed by atoms with van der Waals surface area (Å²) in [5.41, 5.74) is 7.84. The molecule has 0 amide bonds. The predicted octanol–water partition coefficient (Wildman–Crippen LogP) is 3.11. The summed E-state index contributed by atoms with van der Waals surface area (Å²) < 4.78 is 5.62. The number of benzene rings is 1. The van der Waals surface area contributed by atoms with Gasteiger partial charge in [0.05, 0.1) is 0 Å². The molecular formula is C16H21N3O. The van der Waals surface area contributed by atoms with Gasteiger partial charge >= 0.3 is 6.01 Å². The van der Waals surface area contributed by atoms with Crippen LogP contribution in [-0.2, 0) is 12.8 Å². The molecule has 2 aromatic rings. The van der Waals surface area contributed by atoms with E-state index in [1.165, 1.54) is 18.4 Å². The third kappa shape index (κ3) is 4.31. The third-order valence-corrected chi connectivity index (χ3v) is 3.07. The molecule has 2 rings (SSSR count). The summed E-state index contributed by atoms with van der Waals surface area (Å²) in [6.07, 6.45) is 7.83. The summed E-state index contributed by atoms with van der Waals surface area (Å²) in [6, 6.07) is 8.47. The Kier molecular flexibility index (Phi) is 5.50. The minimum Gasteiger partial charge on any atom is -0.424 e. The lowest BCUT2D eigenvalue weighted by atomic mass is 10.1. The number of ether oxygens (including phenoxy) is 1. The molecule has 0 aliphatic carbocycles. The molecule has 1 aromatic carbocycles. The second-order valence-electron chi connectivity index (χ2n) is 4.76. The maximum absolute atomic E-state index is 5.62. The number of rotatable bonds is 7. The van der Waals surface area contributed by atoms with Crippen molar-refractivity contribution in [3.8, 4) is 11.8 Å². The molecule has 0 fully saturated rings. The average molecular weight is 271 g/mol. The van der Waals surface area contributed by atoms with Crippen molar-refractivity contribution < 1.29 is 4.74 Å². The van der Waals surface area contributed by atoms with Crippen LogP contribution in [0.3, 0.4) is 0 Å². The number of nitrogens with two attached hydrogens (primary N) is 1. The van der Waals surface area contributed by atoms with E-state index in [2.05, 4.69) is 29.0 Å². The lowest BCUT2D eigenvalue weighted by Gasteiger charge is -2.05. The third-order valence-electron chi connectivity index (χ3n) is 3.07. The van der Waals surface area contributed by atoms with Gasteiger partial charge in [-0.1, -0.05) is 25.5 Å². The molecule has 0 unspecified atom stereocenters. The molecule has 0 aliphatic rings. The van der Waals surface area contributed by atoms with E-state index in [-0.39, 0.29) is 0 Å². The Labute approximate surface area is 120 Å². The van der Waals surface area contributed by atoms with Gasteiger partial charge in [-0.25, -0.2) is 9.97 Å². The second kappa shape index (κ2) is 7.60. The van der Waals surface area contributed by atoms with Crippen LogP contribution in [0.1, 0.15) is 30.9 Å². The SMILES string of the molecule is CCCCc1ccc(Oc2ncc(CCN)cn2)cc1. The first kappa shape index (κ1) is 14.5. The molecule has 20 heavy (non-hydrogen) atoms. The fourth-order valence-corrected chi connectivity index (χ4v) is 1.90. The fraction of sp³-hybridized carbons (Fsp3) is 0.375. The number of hydrogen-bond acceptors (Lipinski definition) is 4. The van der Waals surface area contributed by atoms with Crippen LogP contribution in [0.4, 0.5) is 0 Å². The van der Waals surface area contributed by atoms with Crippen LogP contribution in [0.25, 0.3) is 0 Å². The second-order valence-corrected chi connectivity index (χ2v) is 4.76. The summed E-state index contributed by atoms with van der Waals surface area (Å²) in [6.45, 7) is 2.80. The molecule has 2 N–H and O–H groups in total. The van der Waals surface area contributed by atoms with E-state index in [0.717, 1.165) is 24.2 Å². The van der Waals surface area contributed by atoms with E-state index in [0.29, 0.717) is 12.6 Å². The molecule has 1 heterocycles. The zero-order valence-electron chi connectivity index (χ0n) is 11.9. The van der Waals surface area contributed by atoms with Crippen molar-refractivity contribution in [2.24, 2.45) is 5.73 Å². The van der Waals surface area contributed by atoms with Gasteiger partial charge in [0, 0.05) is 12.4 Å². The van der Waals surface area contributed by atoms with Crippen LogP contribution < -0.4 is 10.5 Å². The van der Waals surface area contributed by atoms with E-state index >= 15 is 0 Å². The minimum absolute atomic E-state index is 0.368. The molecule has 1 aromatic heterocycles. The molecule has 0 spiro atoms. The summed E-state index contributed by atoms with van der Waals surface area (Å²) in [5.74, 6) is 0.761. The number of aryl methyl sites for hydroxylation is 1. The van der Waals surface area contributed by atoms with E-state index in [4.69, 9.17) is 10.5 Å². The quantitative estimate of drug-likeness (QED) is 0.840. The van der Waals surface area contributed by atoms with Gasteiger partial charge in [0.2, 0.25) is 0 Å². The van der Waals surface area contributed by atoms with Crippen molar-refractivity contribution in [2.45, 2.75) is 32.6 Å². The number of aromatic nitrogens is 2. The molecule has 106 valence electrons. The predicted molar refractivity (Wildman–Crippen MR) is 79.9 cm³/mol. The van der Waals surface area contributed by atoms with Crippen molar-refractivity contribution in [2.75, 3.05) is 6.54 Å². The molecule has 0 saturated carbocycles. The Hall–Kier alpha value is -1.94. The first-order valence-corrected chi connectivity index (χ1v) is 7.09. The minimum atomic E-state index is 0.368. The molecular weight excluding hydrogens is 250 g/mol. The summed E-state index contributed by atoms with van der Waals surface area (Å²) in [4.78, 5) is 8.35. The highest BCUT2D eigenvalue weighted by atomic mass is 16.5. The molecule has 0 saturated heterocycles. The number of hydrogen-bond donors (Lipinski definition) is 1. The smallest absolute Gasteiger partial charge is 0.321 e. The summed E-state index contributed by atoms with van der Waals surface area (Å²) in [5, 5.41) is 0. The average Bonchev–Trinajstić information content (AvgIpc) is 2.49. The van der Waals surface area contributed by atoms with Gasteiger partial charge in [-0.2, -0.15) is 0 Å². The van der Waals surface area contributed by atoms with E-state index < -0.39 is 0 Å². The van der Waals surface area contributed by atoms with Crippen LogP contribution in [0, 0.1) is 0 Å². The van der Waals surface area contributed by atoms with Gasteiger partial charge in [0.1, 0.15) is 5.75 Å². The van der Waals surface area contributed by atoms with Crippen molar-refractivity contribution in [1.82, 2.24) is 9.97 Å². The van der Waals surface area contributed by atoms with Crippen LogP contribution >= 0.6 is 0 Å². The standard InChI is InChI=1S/C16H21N3O/c1-2-3-4-13-5-7-15(8-6-13)20-16-18-11-14(9-10-17)12-19-16/h5-8,11-12H,2-4,9-10,17H2,1H3. The van der Waals surface area contributed by atoms with Gasteiger partial charge in [-0.05, 0) is 49.1 Å². The maximum atomic E-state index is 5.62. The van der Waals surface area contributed by atoms with E-state index in [1.807, 2.05) is 12.1 Å². The van der Waals surface area contributed by atoms with Crippen molar-refractivity contribution in [3.63, 3.8) is 0 Å². The molecule has 4 heteroatoms. The fourth-order valence-electron chi connectivity index (χ4n) is 1.90. The lowest BCUT2D eigenvalue weighted by Crippen LogP contribution is -2.03. The Morgan fingerprint density at radius 1 is 1.00 bits per heavy atom. The van der Waals surface area contributed by atoms with Crippen molar-refractivity contribution in [1.29, 1.82) is 0 Å². The molecule has 0 radical (unpaired) electrons. The van der Waals surface area contributed by atoms with Crippen LogP contribution in [0.5, 0.6) is 11.8 Å². The Bertz CT molecular complexity index is 508. The summed E-state index contributed by atoms with van der Waals surface area (Å²) >= 11 is 0. The molecule has 0 atom stereocenters. The summed E-state index contributed by atoms with van der Waals surface area (Å²) in [7, 11) is 0. The Morgan fingerprint density at radius 2 is 1.70 bits per heavy atom. The lowest BCUT2D eigenvalue weighted by molar-refractivity contribution is 0.441.